The Morgan fingerprint density at radius 3 is 2.27 bits per heavy atom. The van der Waals surface area contributed by atoms with E-state index in [0.717, 1.165) is 5.92 Å². The van der Waals surface area contributed by atoms with Gasteiger partial charge in [0.05, 0.1) is 0 Å². The topological polar surface area (TPSA) is 12.0 Å². The van der Waals surface area contributed by atoms with Gasteiger partial charge in [0.1, 0.15) is 0 Å². The van der Waals surface area contributed by atoms with Crippen molar-refractivity contribution in [1.82, 2.24) is 5.32 Å². The van der Waals surface area contributed by atoms with Gasteiger partial charge in [0.15, 0.2) is 0 Å². The van der Waals surface area contributed by atoms with Crippen LogP contribution in [0.4, 0.5) is 0 Å². The van der Waals surface area contributed by atoms with Crippen LogP contribution in [0.2, 0.25) is 0 Å². The first-order valence-electron chi connectivity index (χ1n) is 6.22. The second-order valence-corrected chi connectivity index (χ2v) is 5.08. The molecule has 15 heavy (non-hydrogen) atoms. The van der Waals surface area contributed by atoms with Gasteiger partial charge in [-0.1, -0.05) is 30.7 Å². The molecule has 0 amide bonds. The van der Waals surface area contributed by atoms with Gasteiger partial charge in [-0.15, -0.1) is 0 Å². The molecule has 2 aliphatic rings. The average Bonchev–Trinajstić information content (AvgIpc) is 2.57. The van der Waals surface area contributed by atoms with Crippen molar-refractivity contribution in [2.45, 2.75) is 38.1 Å². The molecule has 0 radical (unpaired) electrons. The highest BCUT2D eigenvalue weighted by Gasteiger charge is 2.23. The lowest BCUT2D eigenvalue weighted by Gasteiger charge is -2.27. The van der Waals surface area contributed by atoms with E-state index in [1.54, 1.807) is 11.1 Å². The molecule has 1 aromatic rings. The number of hydrogen-bond donors (Lipinski definition) is 1. The number of nitrogens with one attached hydrogen (secondary N) is 1. The Balaban J connectivity index is 1.54. The lowest BCUT2D eigenvalue weighted by molar-refractivity contribution is 0.290. The zero-order valence-corrected chi connectivity index (χ0v) is 9.21. The maximum Gasteiger partial charge on any atom is 0.0148 e. The Morgan fingerprint density at radius 1 is 1.07 bits per heavy atom. The summed E-state index contributed by atoms with van der Waals surface area (Å²) in [6, 6.07) is 9.59. The molecular formula is C14H19N. The molecule has 2 aliphatic carbocycles. The van der Waals surface area contributed by atoms with E-state index in [1.165, 1.54) is 38.6 Å². The summed E-state index contributed by atoms with van der Waals surface area (Å²) in [6.45, 7) is 1.25. The summed E-state index contributed by atoms with van der Waals surface area (Å²) >= 11 is 0. The maximum absolute atomic E-state index is 3.73. The summed E-state index contributed by atoms with van der Waals surface area (Å²) in [5.41, 5.74) is 3.12. The predicted octanol–water partition coefficient (Wildman–Crippen LogP) is 2.54. The summed E-state index contributed by atoms with van der Waals surface area (Å²) in [5.74, 6) is 0.980. The fourth-order valence-corrected chi connectivity index (χ4v) is 2.73. The van der Waals surface area contributed by atoms with Crippen molar-refractivity contribution in [2.75, 3.05) is 6.54 Å². The Kier molecular flexibility index (Phi) is 2.49. The van der Waals surface area contributed by atoms with Gasteiger partial charge in [-0.05, 0) is 49.3 Å². The highest BCUT2D eigenvalue weighted by atomic mass is 14.9. The highest BCUT2D eigenvalue weighted by molar-refractivity contribution is 5.33. The third-order valence-corrected chi connectivity index (χ3v) is 3.97. The molecule has 0 unspecified atom stereocenters. The predicted molar refractivity (Wildman–Crippen MR) is 63.0 cm³/mol. The van der Waals surface area contributed by atoms with Gasteiger partial charge in [0.25, 0.3) is 0 Å². The minimum Gasteiger partial charge on any atom is -0.313 e. The third-order valence-electron chi connectivity index (χ3n) is 3.97. The van der Waals surface area contributed by atoms with Gasteiger partial charge in [-0.3, -0.25) is 0 Å². The van der Waals surface area contributed by atoms with Crippen molar-refractivity contribution in [3.05, 3.63) is 35.4 Å². The molecule has 0 aromatic heterocycles. The van der Waals surface area contributed by atoms with E-state index in [4.69, 9.17) is 0 Å². The molecule has 1 N–H and O–H groups in total. The summed E-state index contributed by atoms with van der Waals surface area (Å²) < 4.78 is 0. The molecule has 0 saturated heterocycles. The van der Waals surface area contributed by atoms with Crippen molar-refractivity contribution < 1.29 is 0 Å². The van der Waals surface area contributed by atoms with Crippen LogP contribution in [0.1, 0.15) is 30.4 Å². The van der Waals surface area contributed by atoms with Crippen molar-refractivity contribution in [1.29, 1.82) is 0 Å². The van der Waals surface area contributed by atoms with Crippen LogP contribution in [0, 0.1) is 5.92 Å². The molecule has 0 heterocycles. The largest absolute Gasteiger partial charge is 0.313 e. The second-order valence-electron chi connectivity index (χ2n) is 5.08. The average molecular weight is 201 g/mol. The minimum atomic E-state index is 0.711. The molecule has 1 heteroatoms. The van der Waals surface area contributed by atoms with Crippen LogP contribution in [-0.4, -0.2) is 12.6 Å². The third kappa shape index (κ3) is 1.93. The first-order valence-corrected chi connectivity index (χ1v) is 6.22. The number of hydrogen-bond acceptors (Lipinski definition) is 1. The van der Waals surface area contributed by atoms with Gasteiger partial charge in [0, 0.05) is 6.04 Å². The Hall–Kier alpha value is -0.820. The Labute approximate surface area is 91.9 Å². The minimum absolute atomic E-state index is 0.711. The van der Waals surface area contributed by atoms with Crippen LogP contribution >= 0.6 is 0 Å². The van der Waals surface area contributed by atoms with E-state index in [1.807, 2.05) is 0 Å². The number of fused-ring (bicyclic) bond motifs is 1. The Morgan fingerprint density at radius 2 is 1.73 bits per heavy atom. The molecule has 0 aliphatic heterocycles. The van der Waals surface area contributed by atoms with Crippen LogP contribution in [0.15, 0.2) is 24.3 Å². The van der Waals surface area contributed by atoms with E-state index in [9.17, 15) is 0 Å². The van der Waals surface area contributed by atoms with Crippen molar-refractivity contribution in [3.63, 3.8) is 0 Å². The SMILES string of the molecule is c1ccc2c(c1)CC(NCC1CCC1)C2. The van der Waals surface area contributed by atoms with Crippen molar-refractivity contribution >= 4 is 0 Å². The first-order chi connectivity index (χ1) is 7.42. The van der Waals surface area contributed by atoms with Crippen LogP contribution in [-0.2, 0) is 12.8 Å². The fourth-order valence-electron chi connectivity index (χ4n) is 2.73. The summed E-state index contributed by atoms with van der Waals surface area (Å²) in [7, 11) is 0. The molecular weight excluding hydrogens is 182 g/mol. The Bertz CT molecular complexity index is 316. The van der Waals surface area contributed by atoms with Crippen molar-refractivity contribution in [3.8, 4) is 0 Å². The van der Waals surface area contributed by atoms with E-state index < -0.39 is 0 Å². The monoisotopic (exact) mass is 201 g/mol. The van der Waals surface area contributed by atoms with Gasteiger partial charge >= 0.3 is 0 Å². The second kappa shape index (κ2) is 3.97. The van der Waals surface area contributed by atoms with Crippen molar-refractivity contribution in [2.24, 2.45) is 5.92 Å². The molecule has 1 fully saturated rings. The van der Waals surface area contributed by atoms with E-state index in [-0.39, 0.29) is 0 Å². The quantitative estimate of drug-likeness (QED) is 0.792. The molecule has 1 nitrogen and oxygen atoms in total. The molecule has 80 valence electrons. The highest BCUT2D eigenvalue weighted by Crippen LogP contribution is 2.26. The van der Waals surface area contributed by atoms with Crippen LogP contribution in [0.25, 0.3) is 0 Å². The van der Waals surface area contributed by atoms with E-state index in [2.05, 4.69) is 29.6 Å². The van der Waals surface area contributed by atoms with Crippen LogP contribution < -0.4 is 5.32 Å². The normalized spacial score (nSPS) is 21.3. The van der Waals surface area contributed by atoms with E-state index in [0.29, 0.717) is 6.04 Å². The molecule has 3 rings (SSSR count). The zero-order chi connectivity index (χ0) is 10.1. The summed E-state index contributed by atoms with van der Waals surface area (Å²) in [5, 5.41) is 3.73. The lowest BCUT2D eigenvalue weighted by Crippen LogP contribution is -2.35. The molecule has 0 spiro atoms. The van der Waals surface area contributed by atoms with Gasteiger partial charge in [-0.25, -0.2) is 0 Å². The van der Waals surface area contributed by atoms with Gasteiger partial charge in [-0.2, -0.15) is 0 Å². The standard InChI is InChI=1S/C14H19N/c1-2-7-13-9-14(8-12(13)6-1)15-10-11-4-3-5-11/h1-2,6-7,11,14-15H,3-5,8-10H2. The van der Waals surface area contributed by atoms with E-state index >= 15 is 0 Å². The summed E-state index contributed by atoms with van der Waals surface area (Å²) in [4.78, 5) is 0. The van der Waals surface area contributed by atoms with Gasteiger partial charge < -0.3 is 5.32 Å². The van der Waals surface area contributed by atoms with Crippen LogP contribution in [0.3, 0.4) is 0 Å². The fraction of sp³-hybridized carbons (Fsp3) is 0.571. The molecule has 0 bridgehead atoms. The zero-order valence-electron chi connectivity index (χ0n) is 9.21. The van der Waals surface area contributed by atoms with Gasteiger partial charge in [0.2, 0.25) is 0 Å². The first kappa shape index (κ1) is 9.41. The smallest absolute Gasteiger partial charge is 0.0148 e. The maximum atomic E-state index is 3.73. The lowest BCUT2D eigenvalue weighted by atomic mass is 9.85. The number of rotatable bonds is 3. The molecule has 1 aromatic carbocycles. The number of benzene rings is 1. The van der Waals surface area contributed by atoms with Crippen LogP contribution in [0.5, 0.6) is 0 Å². The molecule has 1 saturated carbocycles. The summed E-state index contributed by atoms with van der Waals surface area (Å²) in [6.07, 6.45) is 6.84. The molecule has 0 atom stereocenters.